The summed E-state index contributed by atoms with van der Waals surface area (Å²) < 4.78 is 12.0. The molecule has 1 unspecified atom stereocenters. The van der Waals surface area contributed by atoms with E-state index in [1.54, 1.807) is 12.2 Å². The topological polar surface area (TPSA) is 42.7 Å². The quantitative estimate of drug-likeness (QED) is 0.590. The van der Waals surface area contributed by atoms with Gasteiger partial charge < -0.3 is 14.1 Å². The van der Waals surface area contributed by atoms with Gasteiger partial charge in [0.1, 0.15) is 5.76 Å². The second-order valence-electron chi connectivity index (χ2n) is 5.38. The SMILES string of the molecule is CC1CN(C(=O)/C=C/c2ccc(I)o2)CC(C)(C)O1. The molecule has 1 fully saturated rings. The number of rotatable bonds is 2. The van der Waals surface area contributed by atoms with Crippen molar-refractivity contribution in [3.63, 3.8) is 0 Å². The van der Waals surface area contributed by atoms with E-state index in [-0.39, 0.29) is 17.6 Å². The van der Waals surface area contributed by atoms with Crippen molar-refractivity contribution in [2.75, 3.05) is 13.1 Å². The molecule has 0 aliphatic carbocycles. The van der Waals surface area contributed by atoms with Gasteiger partial charge in [-0.05, 0) is 61.6 Å². The van der Waals surface area contributed by atoms with Crippen LogP contribution in [-0.2, 0) is 9.53 Å². The Morgan fingerprint density at radius 2 is 2.26 bits per heavy atom. The second-order valence-corrected chi connectivity index (χ2v) is 6.45. The predicted molar refractivity (Wildman–Crippen MR) is 81.7 cm³/mol. The summed E-state index contributed by atoms with van der Waals surface area (Å²) in [6, 6.07) is 3.71. The van der Waals surface area contributed by atoms with Crippen molar-refractivity contribution in [3.05, 3.63) is 27.7 Å². The zero-order valence-corrected chi connectivity index (χ0v) is 13.5. The van der Waals surface area contributed by atoms with Crippen LogP contribution in [0.1, 0.15) is 26.5 Å². The first kappa shape index (κ1) is 14.6. The summed E-state index contributed by atoms with van der Waals surface area (Å²) >= 11 is 2.10. The van der Waals surface area contributed by atoms with Gasteiger partial charge in [-0.3, -0.25) is 4.79 Å². The fourth-order valence-corrected chi connectivity index (χ4v) is 2.73. The van der Waals surface area contributed by atoms with Gasteiger partial charge in [-0.2, -0.15) is 0 Å². The van der Waals surface area contributed by atoms with Gasteiger partial charge in [-0.1, -0.05) is 0 Å². The van der Waals surface area contributed by atoms with Crippen LogP contribution < -0.4 is 0 Å². The maximum absolute atomic E-state index is 12.2. The van der Waals surface area contributed by atoms with Crippen molar-refractivity contribution in [3.8, 4) is 0 Å². The largest absolute Gasteiger partial charge is 0.451 e. The highest BCUT2D eigenvalue weighted by Gasteiger charge is 2.32. The molecular weight excluding hydrogens is 357 g/mol. The molecule has 0 saturated carbocycles. The van der Waals surface area contributed by atoms with Gasteiger partial charge in [-0.15, -0.1) is 0 Å². The normalized spacial score (nSPS) is 22.9. The number of hydrogen-bond acceptors (Lipinski definition) is 3. The molecule has 4 nitrogen and oxygen atoms in total. The maximum Gasteiger partial charge on any atom is 0.246 e. The molecule has 2 rings (SSSR count). The van der Waals surface area contributed by atoms with E-state index in [2.05, 4.69) is 22.6 Å². The van der Waals surface area contributed by atoms with Crippen molar-refractivity contribution in [2.24, 2.45) is 0 Å². The number of hydrogen-bond donors (Lipinski definition) is 0. The lowest BCUT2D eigenvalue weighted by atomic mass is 10.1. The molecule has 2 heterocycles. The van der Waals surface area contributed by atoms with E-state index in [0.29, 0.717) is 18.8 Å². The molecule has 104 valence electrons. The second kappa shape index (κ2) is 5.66. The van der Waals surface area contributed by atoms with E-state index in [4.69, 9.17) is 9.15 Å². The molecule has 0 N–H and O–H groups in total. The van der Waals surface area contributed by atoms with Crippen LogP contribution >= 0.6 is 22.6 Å². The van der Waals surface area contributed by atoms with Crippen molar-refractivity contribution >= 4 is 34.6 Å². The number of nitrogens with zero attached hydrogens (tertiary/aromatic N) is 1. The third-order valence-corrected chi connectivity index (χ3v) is 3.44. The Kier molecular flexibility index (Phi) is 4.35. The summed E-state index contributed by atoms with van der Waals surface area (Å²) in [4.78, 5) is 14.0. The van der Waals surface area contributed by atoms with Crippen LogP contribution in [0, 0.1) is 3.77 Å². The van der Waals surface area contributed by atoms with Gasteiger partial charge in [0.15, 0.2) is 3.77 Å². The Morgan fingerprint density at radius 1 is 1.53 bits per heavy atom. The smallest absolute Gasteiger partial charge is 0.246 e. The van der Waals surface area contributed by atoms with Gasteiger partial charge in [0.2, 0.25) is 5.91 Å². The fraction of sp³-hybridized carbons (Fsp3) is 0.500. The van der Waals surface area contributed by atoms with E-state index in [1.807, 2.05) is 37.8 Å². The van der Waals surface area contributed by atoms with E-state index in [9.17, 15) is 4.79 Å². The minimum atomic E-state index is -0.290. The molecule has 1 atom stereocenters. The predicted octanol–water partition coefficient (Wildman–Crippen LogP) is 2.92. The summed E-state index contributed by atoms with van der Waals surface area (Å²) in [6.45, 7) is 7.22. The lowest BCUT2D eigenvalue weighted by Gasteiger charge is -2.41. The van der Waals surface area contributed by atoms with Crippen LogP contribution in [0.15, 0.2) is 22.6 Å². The molecule has 5 heteroatoms. The highest BCUT2D eigenvalue weighted by Crippen LogP contribution is 2.21. The summed E-state index contributed by atoms with van der Waals surface area (Å²) in [6.07, 6.45) is 3.33. The standard InChI is InChI=1S/C14H18INO3/c1-10-8-16(9-14(2,3)19-10)13(17)7-5-11-4-6-12(15)18-11/h4-7,10H,8-9H2,1-3H3/b7-5+. The molecule has 1 saturated heterocycles. The lowest BCUT2D eigenvalue weighted by molar-refractivity contribution is -0.153. The Balaban J connectivity index is 2.01. The Hall–Kier alpha value is -0.820. The fourth-order valence-electron chi connectivity index (χ4n) is 2.30. The zero-order valence-electron chi connectivity index (χ0n) is 11.4. The molecule has 0 bridgehead atoms. The summed E-state index contributed by atoms with van der Waals surface area (Å²) in [7, 11) is 0. The summed E-state index contributed by atoms with van der Waals surface area (Å²) in [5.74, 6) is 0.688. The van der Waals surface area contributed by atoms with Crippen LogP contribution in [-0.4, -0.2) is 35.6 Å². The van der Waals surface area contributed by atoms with Gasteiger partial charge in [0, 0.05) is 19.2 Å². The average Bonchev–Trinajstić information content (AvgIpc) is 2.69. The number of morpholine rings is 1. The van der Waals surface area contributed by atoms with Gasteiger partial charge in [-0.25, -0.2) is 0 Å². The van der Waals surface area contributed by atoms with Crippen LogP contribution in [0.3, 0.4) is 0 Å². The van der Waals surface area contributed by atoms with E-state index in [0.717, 1.165) is 3.77 Å². The molecular formula is C14H18INO3. The number of amides is 1. The van der Waals surface area contributed by atoms with Gasteiger partial charge in [0.05, 0.1) is 11.7 Å². The zero-order chi connectivity index (χ0) is 14.0. The first-order valence-electron chi connectivity index (χ1n) is 6.26. The van der Waals surface area contributed by atoms with E-state index < -0.39 is 0 Å². The average molecular weight is 375 g/mol. The molecule has 0 aromatic carbocycles. The highest BCUT2D eigenvalue weighted by atomic mass is 127. The van der Waals surface area contributed by atoms with E-state index >= 15 is 0 Å². The molecule has 1 aromatic heterocycles. The van der Waals surface area contributed by atoms with Crippen LogP contribution in [0.4, 0.5) is 0 Å². The molecule has 0 radical (unpaired) electrons. The first-order valence-corrected chi connectivity index (χ1v) is 7.34. The van der Waals surface area contributed by atoms with Crippen molar-refractivity contribution < 1.29 is 13.9 Å². The van der Waals surface area contributed by atoms with E-state index in [1.165, 1.54) is 0 Å². The Labute approximate surface area is 126 Å². The summed E-state index contributed by atoms with van der Waals surface area (Å²) in [5, 5.41) is 0. The minimum absolute atomic E-state index is 0.00497. The Morgan fingerprint density at radius 3 is 2.84 bits per heavy atom. The number of carbonyl (C=O) groups is 1. The molecule has 0 spiro atoms. The molecule has 1 aliphatic heterocycles. The van der Waals surface area contributed by atoms with Crippen molar-refractivity contribution in [1.29, 1.82) is 0 Å². The number of ether oxygens (including phenoxy) is 1. The molecule has 1 aliphatic rings. The monoisotopic (exact) mass is 375 g/mol. The van der Waals surface area contributed by atoms with Crippen LogP contribution in [0.5, 0.6) is 0 Å². The molecule has 1 aromatic rings. The molecule has 19 heavy (non-hydrogen) atoms. The first-order chi connectivity index (χ1) is 8.85. The Bertz CT molecular complexity index is 493. The maximum atomic E-state index is 12.2. The van der Waals surface area contributed by atoms with Crippen molar-refractivity contribution in [1.82, 2.24) is 4.90 Å². The number of furan rings is 1. The molecule has 1 amide bonds. The van der Waals surface area contributed by atoms with Gasteiger partial charge >= 0.3 is 0 Å². The third kappa shape index (κ3) is 4.07. The van der Waals surface area contributed by atoms with Gasteiger partial charge in [0.25, 0.3) is 0 Å². The highest BCUT2D eigenvalue weighted by molar-refractivity contribution is 14.1. The van der Waals surface area contributed by atoms with Crippen LogP contribution in [0.2, 0.25) is 0 Å². The van der Waals surface area contributed by atoms with Crippen LogP contribution in [0.25, 0.3) is 6.08 Å². The number of halogens is 1. The van der Waals surface area contributed by atoms with Crippen molar-refractivity contribution in [2.45, 2.75) is 32.5 Å². The number of carbonyl (C=O) groups excluding carboxylic acids is 1. The third-order valence-electron chi connectivity index (χ3n) is 2.87. The minimum Gasteiger partial charge on any atom is -0.451 e. The summed E-state index contributed by atoms with van der Waals surface area (Å²) in [5.41, 5.74) is -0.290. The lowest BCUT2D eigenvalue weighted by Crippen LogP contribution is -2.53.